The highest BCUT2D eigenvalue weighted by Gasteiger charge is 2.19. The van der Waals surface area contributed by atoms with E-state index in [9.17, 15) is 4.79 Å². The molecule has 0 saturated heterocycles. The minimum absolute atomic E-state index is 0.0946. The number of carboxylic acids is 1. The first-order chi connectivity index (χ1) is 9.74. The van der Waals surface area contributed by atoms with Crippen LogP contribution in [0.4, 0.5) is 0 Å². The lowest BCUT2D eigenvalue weighted by atomic mass is 9.97. The van der Waals surface area contributed by atoms with Gasteiger partial charge in [0.1, 0.15) is 0 Å². The molecular formula is C17H33NO2. The maximum absolute atomic E-state index is 11.1. The maximum atomic E-state index is 11.1. The number of rotatable bonds is 8. The van der Waals surface area contributed by atoms with E-state index in [4.69, 9.17) is 5.11 Å². The first-order valence-electron chi connectivity index (χ1n) is 8.70. The largest absolute Gasteiger partial charge is 0.481 e. The Labute approximate surface area is 124 Å². The van der Waals surface area contributed by atoms with Crippen molar-refractivity contribution in [3.05, 3.63) is 0 Å². The van der Waals surface area contributed by atoms with Crippen LogP contribution in [0.15, 0.2) is 0 Å². The summed E-state index contributed by atoms with van der Waals surface area (Å²) in [5, 5.41) is 12.8. The van der Waals surface area contributed by atoms with Crippen molar-refractivity contribution < 1.29 is 9.90 Å². The smallest absolute Gasteiger partial charge is 0.306 e. The van der Waals surface area contributed by atoms with Gasteiger partial charge in [-0.25, -0.2) is 0 Å². The van der Waals surface area contributed by atoms with E-state index in [2.05, 4.69) is 12.2 Å². The molecule has 0 aromatic rings. The molecule has 3 nitrogen and oxygen atoms in total. The standard InChI is InChI=1S/C17H33NO2/c1-2-3-4-5-8-14-18-16-12-7-6-10-15(17(19)20)11-9-13-16/h15-16,18H,2-14H2,1H3,(H,19,20). The summed E-state index contributed by atoms with van der Waals surface area (Å²) in [6.45, 7) is 3.39. The predicted octanol–water partition coefficient (Wildman–Crippen LogP) is 4.36. The molecule has 0 heterocycles. The van der Waals surface area contributed by atoms with Gasteiger partial charge in [-0.1, -0.05) is 51.9 Å². The van der Waals surface area contributed by atoms with Crippen LogP contribution in [0.25, 0.3) is 0 Å². The monoisotopic (exact) mass is 283 g/mol. The molecule has 2 atom stereocenters. The summed E-state index contributed by atoms with van der Waals surface area (Å²) in [5.74, 6) is -0.685. The quantitative estimate of drug-likeness (QED) is 0.651. The van der Waals surface area contributed by atoms with Crippen molar-refractivity contribution in [1.82, 2.24) is 5.32 Å². The summed E-state index contributed by atoms with van der Waals surface area (Å²) in [7, 11) is 0. The first kappa shape index (κ1) is 17.5. The molecule has 0 aliphatic heterocycles. The Kier molecular flexibility index (Phi) is 9.73. The van der Waals surface area contributed by atoms with Crippen molar-refractivity contribution in [1.29, 1.82) is 0 Å². The molecule has 118 valence electrons. The van der Waals surface area contributed by atoms with Gasteiger partial charge in [0.15, 0.2) is 0 Å². The van der Waals surface area contributed by atoms with Crippen molar-refractivity contribution in [3.8, 4) is 0 Å². The number of carboxylic acid groups (broad SMARTS) is 1. The number of unbranched alkanes of at least 4 members (excludes halogenated alkanes) is 4. The van der Waals surface area contributed by atoms with Gasteiger partial charge in [0.05, 0.1) is 5.92 Å². The molecule has 1 rings (SSSR count). The number of nitrogens with one attached hydrogen (secondary N) is 1. The Balaban J connectivity index is 2.14. The van der Waals surface area contributed by atoms with Crippen LogP contribution in [0.5, 0.6) is 0 Å². The van der Waals surface area contributed by atoms with Crippen LogP contribution < -0.4 is 5.32 Å². The highest BCUT2D eigenvalue weighted by molar-refractivity contribution is 5.69. The molecule has 0 bridgehead atoms. The van der Waals surface area contributed by atoms with E-state index in [1.807, 2.05) is 0 Å². The van der Waals surface area contributed by atoms with E-state index in [1.165, 1.54) is 44.9 Å². The van der Waals surface area contributed by atoms with Crippen LogP contribution in [-0.2, 0) is 4.79 Å². The Bertz CT molecular complexity index is 255. The van der Waals surface area contributed by atoms with Crippen LogP contribution in [0.3, 0.4) is 0 Å². The lowest BCUT2D eigenvalue weighted by Gasteiger charge is -2.17. The topological polar surface area (TPSA) is 49.3 Å². The van der Waals surface area contributed by atoms with Gasteiger partial charge in [0.25, 0.3) is 0 Å². The summed E-state index contributed by atoms with van der Waals surface area (Å²) >= 11 is 0. The zero-order valence-corrected chi connectivity index (χ0v) is 13.2. The van der Waals surface area contributed by atoms with Crippen LogP contribution in [0, 0.1) is 5.92 Å². The van der Waals surface area contributed by atoms with Crippen LogP contribution >= 0.6 is 0 Å². The molecule has 1 saturated carbocycles. The number of hydrogen-bond acceptors (Lipinski definition) is 2. The molecule has 2 N–H and O–H groups in total. The summed E-state index contributed by atoms with van der Waals surface area (Å²) in [4.78, 5) is 11.1. The van der Waals surface area contributed by atoms with E-state index in [0.29, 0.717) is 6.04 Å². The second-order valence-electron chi connectivity index (χ2n) is 6.32. The van der Waals surface area contributed by atoms with Gasteiger partial charge in [-0.15, -0.1) is 0 Å². The zero-order valence-electron chi connectivity index (χ0n) is 13.2. The maximum Gasteiger partial charge on any atom is 0.306 e. The van der Waals surface area contributed by atoms with E-state index < -0.39 is 5.97 Å². The summed E-state index contributed by atoms with van der Waals surface area (Å²) in [5.41, 5.74) is 0. The second-order valence-corrected chi connectivity index (χ2v) is 6.32. The molecule has 0 aromatic carbocycles. The fourth-order valence-corrected chi connectivity index (χ4v) is 3.17. The fraction of sp³-hybridized carbons (Fsp3) is 0.941. The van der Waals surface area contributed by atoms with Crippen LogP contribution in [0.2, 0.25) is 0 Å². The van der Waals surface area contributed by atoms with Gasteiger partial charge in [-0.2, -0.15) is 0 Å². The predicted molar refractivity (Wildman–Crippen MR) is 84.0 cm³/mol. The van der Waals surface area contributed by atoms with Crippen molar-refractivity contribution in [2.75, 3.05) is 6.54 Å². The third kappa shape index (κ3) is 7.88. The SMILES string of the molecule is CCCCCCCNC1CCCCC(C(=O)O)CCC1. The van der Waals surface area contributed by atoms with E-state index in [-0.39, 0.29) is 5.92 Å². The minimum Gasteiger partial charge on any atom is -0.481 e. The average Bonchev–Trinajstić information content (AvgIpc) is 2.54. The van der Waals surface area contributed by atoms with Crippen LogP contribution in [-0.4, -0.2) is 23.7 Å². The lowest BCUT2D eigenvalue weighted by Crippen LogP contribution is -2.29. The molecule has 0 amide bonds. The lowest BCUT2D eigenvalue weighted by molar-refractivity contribution is -0.142. The Morgan fingerprint density at radius 1 is 1.00 bits per heavy atom. The highest BCUT2D eigenvalue weighted by Crippen LogP contribution is 2.22. The van der Waals surface area contributed by atoms with Crippen molar-refractivity contribution in [2.24, 2.45) is 5.92 Å². The molecule has 2 unspecified atom stereocenters. The summed E-state index contributed by atoms with van der Waals surface area (Å²) < 4.78 is 0. The molecular weight excluding hydrogens is 250 g/mol. The third-order valence-electron chi connectivity index (χ3n) is 4.52. The third-order valence-corrected chi connectivity index (χ3v) is 4.52. The van der Waals surface area contributed by atoms with Crippen molar-refractivity contribution >= 4 is 5.97 Å². The Morgan fingerprint density at radius 3 is 2.40 bits per heavy atom. The minimum atomic E-state index is -0.590. The molecule has 0 radical (unpaired) electrons. The second kappa shape index (κ2) is 11.1. The van der Waals surface area contributed by atoms with Crippen LogP contribution in [0.1, 0.15) is 84.0 Å². The van der Waals surface area contributed by atoms with E-state index >= 15 is 0 Å². The zero-order chi connectivity index (χ0) is 14.6. The molecule has 20 heavy (non-hydrogen) atoms. The molecule has 3 heteroatoms. The number of aliphatic carboxylic acids is 1. The summed E-state index contributed by atoms with van der Waals surface area (Å²) in [6, 6.07) is 0.619. The fourth-order valence-electron chi connectivity index (χ4n) is 3.17. The Morgan fingerprint density at radius 2 is 1.65 bits per heavy atom. The van der Waals surface area contributed by atoms with Gasteiger partial charge in [-0.05, 0) is 38.6 Å². The van der Waals surface area contributed by atoms with Crippen molar-refractivity contribution in [3.63, 3.8) is 0 Å². The molecule has 0 aromatic heterocycles. The summed E-state index contributed by atoms with van der Waals surface area (Å²) in [6.07, 6.45) is 14.1. The average molecular weight is 283 g/mol. The molecule has 1 aliphatic carbocycles. The highest BCUT2D eigenvalue weighted by atomic mass is 16.4. The van der Waals surface area contributed by atoms with Gasteiger partial charge < -0.3 is 10.4 Å². The number of carbonyl (C=O) groups is 1. The number of hydrogen-bond donors (Lipinski definition) is 2. The van der Waals surface area contributed by atoms with Gasteiger partial charge in [0.2, 0.25) is 0 Å². The van der Waals surface area contributed by atoms with E-state index in [0.717, 1.165) is 38.6 Å². The van der Waals surface area contributed by atoms with Gasteiger partial charge in [-0.3, -0.25) is 4.79 Å². The Hall–Kier alpha value is -0.570. The van der Waals surface area contributed by atoms with Gasteiger partial charge in [0, 0.05) is 6.04 Å². The molecule has 1 fully saturated rings. The molecule has 0 spiro atoms. The first-order valence-corrected chi connectivity index (χ1v) is 8.70. The van der Waals surface area contributed by atoms with Gasteiger partial charge >= 0.3 is 5.97 Å². The normalized spacial score (nSPS) is 24.6. The van der Waals surface area contributed by atoms with E-state index in [1.54, 1.807) is 0 Å². The molecule has 1 aliphatic rings. The van der Waals surface area contributed by atoms with Crippen molar-refractivity contribution in [2.45, 2.75) is 90.0 Å².